The van der Waals surface area contributed by atoms with Crippen molar-refractivity contribution in [3.8, 4) is 11.5 Å². The van der Waals surface area contributed by atoms with Gasteiger partial charge in [0.05, 0.1) is 7.11 Å². The van der Waals surface area contributed by atoms with Crippen molar-refractivity contribution in [1.82, 2.24) is 0 Å². The minimum absolute atomic E-state index is 0.531. The van der Waals surface area contributed by atoms with Gasteiger partial charge in [-0.2, -0.15) is 0 Å². The van der Waals surface area contributed by atoms with Crippen LogP contribution in [0.1, 0.15) is 10.4 Å². The van der Waals surface area contributed by atoms with Crippen molar-refractivity contribution in [3.63, 3.8) is 0 Å². The average Bonchev–Trinajstić information content (AvgIpc) is 2.96. The lowest BCUT2D eigenvalue weighted by atomic mass is 10.1. The molecular formula is C17H17NO2S. The molecule has 3 aromatic rings. The highest BCUT2D eigenvalue weighted by Crippen LogP contribution is 2.31. The van der Waals surface area contributed by atoms with E-state index in [1.807, 2.05) is 30.3 Å². The number of rotatable bonds is 5. The van der Waals surface area contributed by atoms with Gasteiger partial charge in [0.2, 0.25) is 0 Å². The zero-order valence-electron chi connectivity index (χ0n) is 11.8. The smallest absolute Gasteiger partial charge is 0.161 e. The summed E-state index contributed by atoms with van der Waals surface area (Å²) in [6, 6.07) is 16.1. The van der Waals surface area contributed by atoms with E-state index in [9.17, 15) is 0 Å². The highest BCUT2D eigenvalue weighted by Gasteiger charge is 2.07. The van der Waals surface area contributed by atoms with Gasteiger partial charge >= 0.3 is 0 Å². The SMILES string of the molecule is COc1ccccc1OCc1cc2c(CN)cccc2s1. The Bertz CT molecular complexity index is 751. The standard InChI is InChI=1S/C17H17NO2S/c1-19-15-6-2-3-7-16(15)20-11-13-9-14-12(10-18)5-4-8-17(14)21-13/h2-9H,10-11,18H2,1H3. The summed E-state index contributed by atoms with van der Waals surface area (Å²) in [5, 5.41) is 1.23. The minimum atomic E-state index is 0.531. The summed E-state index contributed by atoms with van der Waals surface area (Å²) in [7, 11) is 1.65. The first-order chi connectivity index (χ1) is 10.3. The van der Waals surface area contributed by atoms with Gasteiger partial charge in [-0.15, -0.1) is 11.3 Å². The fourth-order valence-corrected chi connectivity index (χ4v) is 3.33. The first-order valence-electron chi connectivity index (χ1n) is 6.78. The fourth-order valence-electron chi connectivity index (χ4n) is 2.31. The predicted molar refractivity (Wildman–Crippen MR) is 87.0 cm³/mol. The summed E-state index contributed by atoms with van der Waals surface area (Å²) in [5.41, 5.74) is 6.96. The molecule has 0 radical (unpaired) electrons. The number of nitrogens with two attached hydrogens (primary N) is 1. The van der Waals surface area contributed by atoms with E-state index in [2.05, 4.69) is 18.2 Å². The van der Waals surface area contributed by atoms with Crippen molar-refractivity contribution in [3.05, 3.63) is 59.0 Å². The van der Waals surface area contributed by atoms with Crippen LogP contribution < -0.4 is 15.2 Å². The Kier molecular flexibility index (Phi) is 4.08. The van der Waals surface area contributed by atoms with Crippen molar-refractivity contribution < 1.29 is 9.47 Å². The van der Waals surface area contributed by atoms with Crippen LogP contribution >= 0.6 is 11.3 Å². The van der Waals surface area contributed by atoms with Crippen LogP contribution in [-0.2, 0) is 13.2 Å². The number of hydrogen-bond acceptors (Lipinski definition) is 4. The lowest BCUT2D eigenvalue weighted by Crippen LogP contribution is -1.96. The molecule has 2 aromatic carbocycles. The topological polar surface area (TPSA) is 44.5 Å². The number of para-hydroxylation sites is 2. The molecule has 1 aromatic heterocycles. The molecule has 0 saturated heterocycles. The van der Waals surface area contributed by atoms with Crippen molar-refractivity contribution in [2.45, 2.75) is 13.2 Å². The normalized spacial score (nSPS) is 10.8. The number of methoxy groups -OCH3 is 1. The molecule has 0 saturated carbocycles. The van der Waals surface area contributed by atoms with Crippen LogP contribution in [-0.4, -0.2) is 7.11 Å². The van der Waals surface area contributed by atoms with Gasteiger partial charge < -0.3 is 15.2 Å². The van der Waals surface area contributed by atoms with E-state index >= 15 is 0 Å². The molecule has 108 valence electrons. The maximum absolute atomic E-state index is 5.87. The van der Waals surface area contributed by atoms with Crippen LogP contribution in [0.5, 0.6) is 11.5 Å². The third-order valence-electron chi connectivity index (χ3n) is 3.36. The first kappa shape index (κ1) is 13.9. The summed E-state index contributed by atoms with van der Waals surface area (Å²) in [5.74, 6) is 1.51. The van der Waals surface area contributed by atoms with Gasteiger partial charge in [-0.25, -0.2) is 0 Å². The summed E-state index contributed by atoms with van der Waals surface area (Å²) in [6.07, 6.45) is 0. The van der Waals surface area contributed by atoms with E-state index < -0.39 is 0 Å². The van der Waals surface area contributed by atoms with E-state index in [1.165, 1.54) is 20.5 Å². The highest BCUT2D eigenvalue weighted by molar-refractivity contribution is 7.19. The molecule has 3 rings (SSSR count). The van der Waals surface area contributed by atoms with Crippen LogP contribution in [0.25, 0.3) is 10.1 Å². The summed E-state index contributed by atoms with van der Waals surface area (Å²) >= 11 is 1.74. The molecule has 0 spiro atoms. The summed E-state index contributed by atoms with van der Waals surface area (Å²) in [6.45, 7) is 1.09. The fraction of sp³-hybridized carbons (Fsp3) is 0.176. The van der Waals surface area contributed by atoms with Gasteiger partial charge in [0.25, 0.3) is 0 Å². The van der Waals surface area contributed by atoms with Crippen LogP contribution in [0.4, 0.5) is 0 Å². The second kappa shape index (κ2) is 6.16. The Hall–Kier alpha value is -2.04. The van der Waals surface area contributed by atoms with Crippen LogP contribution in [0, 0.1) is 0 Å². The molecule has 3 nitrogen and oxygen atoms in total. The molecule has 0 aliphatic heterocycles. The number of benzene rings is 2. The highest BCUT2D eigenvalue weighted by atomic mass is 32.1. The van der Waals surface area contributed by atoms with E-state index in [0.29, 0.717) is 13.2 Å². The zero-order chi connectivity index (χ0) is 14.7. The molecule has 1 heterocycles. The molecule has 0 fully saturated rings. The second-order valence-corrected chi connectivity index (χ2v) is 5.85. The molecule has 0 aliphatic carbocycles. The van der Waals surface area contributed by atoms with Gasteiger partial charge in [-0.1, -0.05) is 24.3 Å². The Labute approximate surface area is 127 Å². The van der Waals surface area contributed by atoms with Crippen molar-refractivity contribution >= 4 is 21.4 Å². The van der Waals surface area contributed by atoms with Gasteiger partial charge in [0.1, 0.15) is 6.61 Å². The molecule has 21 heavy (non-hydrogen) atoms. The zero-order valence-corrected chi connectivity index (χ0v) is 12.7. The molecule has 0 bridgehead atoms. The molecule has 0 unspecified atom stereocenters. The molecule has 0 amide bonds. The Morgan fingerprint density at radius 2 is 1.86 bits per heavy atom. The van der Waals surface area contributed by atoms with E-state index in [-0.39, 0.29) is 0 Å². The number of hydrogen-bond donors (Lipinski definition) is 1. The van der Waals surface area contributed by atoms with Crippen LogP contribution in [0.15, 0.2) is 48.5 Å². The molecule has 4 heteroatoms. The van der Waals surface area contributed by atoms with E-state index in [4.69, 9.17) is 15.2 Å². The van der Waals surface area contributed by atoms with E-state index in [0.717, 1.165) is 11.5 Å². The quantitative estimate of drug-likeness (QED) is 0.776. The van der Waals surface area contributed by atoms with Gasteiger partial charge in [0, 0.05) is 16.1 Å². The van der Waals surface area contributed by atoms with E-state index in [1.54, 1.807) is 18.4 Å². The molecule has 0 aliphatic rings. The average molecular weight is 299 g/mol. The Balaban J connectivity index is 1.82. The Morgan fingerprint density at radius 3 is 2.62 bits per heavy atom. The van der Waals surface area contributed by atoms with Gasteiger partial charge in [0.15, 0.2) is 11.5 Å². The monoisotopic (exact) mass is 299 g/mol. The Morgan fingerprint density at radius 1 is 1.05 bits per heavy atom. The number of fused-ring (bicyclic) bond motifs is 1. The van der Waals surface area contributed by atoms with Crippen molar-refractivity contribution in [2.75, 3.05) is 7.11 Å². The second-order valence-electron chi connectivity index (χ2n) is 4.69. The lowest BCUT2D eigenvalue weighted by Gasteiger charge is -2.08. The summed E-state index contributed by atoms with van der Waals surface area (Å²) in [4.78, 5) is 1.18. The number of thiophene rings is 1. The third kappa shape index (κ3) is 2.86. The maximum Gasteiger partial charge on any atom is 0.161 e. The number of ether oxygens (including phenoxy) is 2. The minimum Gasteiger partial charge on any atom is -0.493 e. The molecule has 2 N–H and O–H groups in total. The van der Waals surface area contributed by atoms with Crippen molar-refractivity contribution in [2.24, 2.45) is 5.73 Å². The molecule has 0 atom stereocenters. The predicted octanol–water partition coefficient (Wildman–Crippen LogP) is 3.95. The van der Waals surface area contributed by atoms with Crippen molar-refractivity contribution in [1.29, 1.82) is 0 Å². The largest absolute Gasteiger partial charge is 0.493 e. The summed E-state index contributed by atoms with van der Waals surface area (Å²) < 4.78 is 12.4. The van der Waals surface area contributed by atoms with Gasteiger partial charge in [-0.3, -0.25) is 0 Å². The molecular weight excluding hydrogens is 282 g/mol. The van der Waals surface area contributed by atoms with Crippen LogP contribution in [0.2, 0.25) is 0 Å². The lowest BCUT2D eigenvalue weighted by molar-refractivity contribution is 0.287. The first-order valence-corrected chi connectivity index (χ1v) is 7.59. The van der Waals surface area contributed by atoms with Gasteiger partial charge in [-0.05, 0) is 35.2 Å². The maximum atomic E-state index is 5.87. The van der Waals surface area contributed by atoms with Crippen LogP contribution in [0.3, 0.4) is 0 Å². The third-order valence-corrected chi connectivity index (χ3v) is 4.44.